The second-order valence-electron chi connectivity index (χ2n) is 12.7. The molecule has 0 amide bonds. The molecule has 5 aromatic carbocycles. The van der Waals surface area contributed by atoms with Crippen LogP contribution in [0.4, 0.5) is 0 Å². The van der Waals surface area contributed by atoms with Crippen molar-refractivity contribution in [3.63, 3.8) is 0 Å². The van der Waals surface area contributed by atoms with E-state index in [-0.39, 0.29) is 10.8 Å². The minimum absolute atomic E-state index is 0.0456. The van der Waals surface area contributed by atoms with Crippen LogP contribution in [0.1, 0.15) is 61.1 Å². The number of aromatic nitrogens is 2. The Labute approximate surface area is 256 Å². The fraction of sp³-hybridized carbons (Fsp3) is 0.195. The van der Waals surface area contributed by atoms with Gasteiger partial charge in [0, 0.05) is 28.8 Å². The highest BCUT2D eigenvalue weighted by molar-refractivity contribution is 5.72. The topological polar surface area (TPSA) is 17.8 Å². The van der Waals surface area contributed by atoms with Crippen LogP contribution in [0.25, 0.3) is 28.2 Å². The summed E-state index contributed by atoms with van der Waals surface area (Å²) in [6.45, 7) is 13.5. The molecule has 6 aromatic rings. The highest BCUT2D eigenvalue weighted by Gasteiger charge is 2.26. The van der Waals surface area contributed by atoms with Crippen molar-refractivity contribution in [3.05, 3.63) is 167 Å². The van der Waals surface area contributed by atoms with Crippen molar-refractivity contribution in [2.75, 3.05) is 0 Å². The second kappa shape index (κ2) is 11.2. The van der Waals surface area contributed by atoms with Crippen LogP contribution in [0, 0.1) is 13.8 Å². The maximum atomic E-state index is 4.76. The predicted octanol–water partition coefficient (Wildman–Crippen LogP) is 10.5. The summed E-state index contributed by atoms with van der Waals surface area (Å²) in [7, 11) is 0. The van der Waals surface area contributed by atoms with Gasteiger partial charge in [0.25, 0.3) is 0 Å². The third-order valence-electron chi connectivity index (χ3n) is 9.21. The molecule has 2 heteroatoms. The molecule has 0 bridgehead atoms. The van der Waals surface area contributed by atoms with Gasteiger partial charge in [-0.15, -0.1) is 0 Å². The van der Waals surface area contributed by atoms with E-state index in [1.807, 2.05) is 6.20 Å². The minimum Gasteiger partial charge on any atom is -0.299 e. The lowest BCUT2D eigenvalue weighted by atomic mass is 9.74. The van der Waals surface area contributed by atoms with Crippen molar-refractivity contribution in [1.82, 2.24) is 9.55 Å². The third kappa shape index (κ3) is 5.34. The van der Waals surface area contributed by atoms with Gasteiger partial charge in [-0.1, -0.05) is 143 Å². The van der Waals surface area contributed by atoms with Crippen LogP contribution < -0.4 is 0 Å². The van der Waals surface area contributed by atoms with Gasteiger partial charge in [0.1, 0.15) is 5.82 Å². The number of imidazole rings is 1. The third-order valence-corrected chi connectivity index (χ3v) is 9.21. The van der Waals surface area contributed by atoms with Gasteiger partial charge in [0.05, 0.1) is 5.69 Å². The number of hydrogen-bond acceptors (Lipinski definition) is 1. The van der Waals surface area contributed by atoms with Gasteiger partial charge in [-0.25, -0.2) is 4.98 Å². The van der Waals surface area contributed by atoms with Gasteiger partial charge in [0.15, 0.2) is 0 Å². The van der Waals surface area contributed by atoms with Crippen molar-refractivity contribution in [2.45, 2.75) is 52.4 Å². The Morgan fingerprint density at radius 2 is 0.977 bits per heavy atom. The fourth-order valence-corrected chi connectivity index (χ4v) is 6.29. The highest BCUT2D eigenvalue weighted by atomic mass is 15.1. The zero-order valence-corrected chi connectivity index (χ0v) is 26.1. The van der Waals surface area contributed by atoms with E-state index in [4.69, 9.17) is 4.98 Å². The first-order valence-corrected chi connectivity index (χ1v) is 15.1. The predicted molar refractivity (Wildman–Crippen MR) is 181 cm³/mol. The van der Waals surface area contributed by atoms with Crippen molar-refractivity contribution >= 4 is 0 Å². The maximum Gasteiger partial charge on any atom is 0.144 e. The first-order chi connectivity index (χ1) is 20.7. The van der Waals surface area contributed by atoms with Crippen molar-refractivity contribution in [2.24, 2.45) is 0 Å². The minimum atomic E-state index is -0.119. The molecule has 0 aliphatic heterocycles. The molecule has 0 saturated heterocycles. The Bertz CT molecular complexity index is 1830. The summed E-state index contributed by atoms with van der Waals surface area (Å²) in [5.41, 5.74) is 12.3. The zero-order valence-electron chi connectivity index (χ0n) is 26.1. The van der Waals surface area contributed by atoms with Gasteiger partial charge in [-0.3, -0.25) is 4.57 Å². The number of hydrogen-bond donors (Lipinski definition) is 0. The standard InChI is InChI=1S/C41H40N2/c1-29-12-10-13-30(2)38(29)43-27-26-42-39(43)33-15-11-14-32(28-33)31-18-20-35(21-19-31)41(5,6)37-24-22-36(23-25-37)40(3,4)34-16-8-7-9-17-34/h7-28H,1-6H3. The van der Waals surface area contributed by atoms with E-state index >= 15 is 0 Å². The normalized spacial score (nSPS) is 12.0. The summed E-state index contributed by atoms with van der Waals surface area (Å²) in [4.78, 5) is 4.76. The lowest BCUT2D eigenvalue weighted by Gasteiger charge is -2.29. The first-order valence-electron chi connectivity index (χ1n) is 15.1. The molecule has 0 saturated carbocycles. The number of para-hydroxylation sites is 1. The largest absolute Gasteiger partial charge is 0.299 e. The quantitative estimate of drug-likeness (QED) is 0.190. The Morgan fingerprint density at radius 3 is 1.56 bits per heavy atom. The average Bonchev–Trinajstić information content (AvgIpc) is 3.51. The Balaban J connectivity index is 1.26. The molecule has 0 atom stereocenters. The van der Waals surface area contributed by atoms with E-state index in [1.165, 1.54) is 50.2 Å². The molecule has 1 heterocycles. The van der Waals surface area contributed by atoms with E-state index in [9.17, 15) is 0 Å². The van der Waals surface area contributed by atoms with E-state index in [1.54, 1.807) is 0 Å². The second-order valence-corrected chi connectivity index (χ2v) is 12.7. The molecule has 0 N–H and O–H groups in total. The summed E-state index contributed by atoms with van der Waals surface area (Å²) < 4.78 is 2.21. The zero-order chi connectivity index (χ0) is 30.2. The number of nitrogens with zero attached hydrogens (tertiary/aromatic N) is 2. The van der Waals surface area contributed by atoms with Crippen LogP contribution in [-0.2, 0) is 10.8 Å². The maximum absolute atomic E-state index is 4.76. The van der Waals surface area contributed by atoms with Crippen LogP contribution in [0.15, 0.2) is 134 Å². The molecule has 2 nitrogen and oxygen atoms in total. The van der Waals surface area contributed by atoms with E-state index < -0.39 is 0 Å². The summed E-state index contributed by atoms with van der Waals surface area (Å²) in [6.07, 6.45) is 3.95. The lowest BCUT2D eigenvalue weighted by molar-refractivity contribution is 0.626. The molecule has 0 unspecified atom stereocenters. The average molecular weight is 561 g/mol. The Hall–Kier alpha value is -4.69. The van der Waals surface area contributed by atoms with Crippen LogP contribution in [0.2, 0.25) is 0 Å². The summed E-state index contributed by atoms with van der Waals surface area (Å²) >= 11 is 0. The van der Waals surface area contributed by atoms with Gasteiger partial charge < -0.3 is 0 Å². The van der Waals surface area contributed by atoms with Crippen LogP contribution in [0.5, 0.6) is 0 Å². The van der Waals surface area contributed by atoms with Gasteiger partial charge in [0.2, 0.25) is 0 Å². The van der Waals surface area contributed by atoms with Crippen molar-refractivity contribution in [1.29, 1.82) is 0 Å². The Kier molecular flexibility index (Phi) is 7.40. The Morgan fingerprint density at radius 1 is 0.488 bits per heavy atom. The molecule has 0 fully saturated rings. The molecule has 1 aromatic heterocycles. The van der Waals surface area contributed by atoms with Crippen molar-refractivity contribution < 1.29 is 0 Å². The first kappa shape index (κ1) is 28.4. The molecule has 0 aliphatic carbocycles. The van der Waals surface area contributed by atoms with Crippen LogP contribution >= 0.6 is 0 Å². The molecule has 214 valence electrons. The number of benzene rings is 5. The SMILES string of the molecule is Cc1cccc(C)c1-n1ccnc1-c1cccc(-c2ccc(C(C)(C)c3ccc(C(C)(C)c4ccccc4)cc3)cc2)c1. The number of aryl methyl sites for hydroxylation is 2. The highest BCUT2D eigenvalue weighted by Crippen LogP contribution is 2.37. The van der Waals surface area contributed by atoms with E-state index in [0.29, 0.717) is 0 Å². The molecule has 6 rings (SSSR count). The van der Waals surface area contributed by atoms with Gasteiger partial charge in [-0.2, -0.15) is 0 Å². The molecule has 0 aliphatic rings. The smallest absolute Gasteiger partial charge is 0.144 e. The summed E-state index contributed by atoms with van der Waals surface area (Å²) in [6, 6.07) is 44.2. The van der Waals surface area contributed by atoms with E-state index in [0.717, 1.165) is 11.4 Å². The molecular weight excluding hydrogens is 520 g/mol. The molecule has 43 heavy (non-hydrogen) atoms. The van der Waals surface area contributed by atoms with Gasteiger partial charge in [-0.05, 0) is 64.4 Å². The molecular formula is C41H40N2. The monoisotopic (exact) mass is 560 g/mol. The van der Waals surface area contributed by atoms with Crippen LogP contribution in [-0.4, -0.2) is 9.55 Å². The number of rotatable bonds is 7. The van der Waals surface area contributed by atoms with Crippen LogP contribution in [0.3, 0.4) is 0 Å². The molecule has 0 spiro atoms. The van der Waals surface area contributed by atoms with Crippen molar-refractivity contribution in [3.8, 4) is 28.2 Å². The summed E-state index contributed by atoms with van der Waals surface area (Å²) in [5.74, 6) is 0.955. The summed E-state index contributed by atoms with van der Waals surface area (Å²) in [5, 5.41) is 0. The fourth-order valence-electron chi connectivity index (χ4n) is 6.29. The van der Waals surface area contributed by atoms with E-state index in [2.05, 4.69) is 174 Å². The lowest BCUT2D eigenvalue weighted by Crippen LogP contribution is -2.21. The van der Waals surface area contributed by atoms with Gasteiger partial charge >= 0.3 is 0 Å². The molecule has 0 radical (unpaired) electrons.